The van der Waals surface area contributed by atoms with Crippen molar-refractivity contribution in [2.45, 2.75) is 50.0 Å². The number of hydrogen-bond acceptors (Lipinski definition) is 9. The predicted octanol–water partition coefficient (Wildman–Crippen LogP) is -1.63. The first-order valence-electron chi connectivity index (χ1n) is 10.2. The highest BCUT2D eigenvalue weighted by Crippen LogP contribution is 2.47. The van der Waals surface area contributed by atoms with Crippen molar-refractivity contribution in [1.29, 1.82) is 0 Å². The van der Waals surface area contributed by atoms with Crippen LogP contribution in [0.15, 0.2) is 0 Å². The molecule has 1 fully saturated rings. The molecule has 0 aromatic carbocycles. The SMILES string of the molecule is CC#CC#CC#CC#CC#CC#CC#COC[C@H](COP(=O)(O)OC1[C@H](O)CC(O)[C@H](O)[C@@H]1O)OC. The molecule has 188 valence electrons. The highest BCUT2D eigenvalue weighted by Gasteiger charge is 2.46. The zero-order valence-corrected chi connectivity index (χ0v) is 20.2. The lowest BCUT2D eigenvalue weighted by Gasteiger charge is -2.38. The highest BCUT2D eigenvalue weighted by atomic mass is 31.2. The minimum atomic E-state index is -4.78. The van der Waals surface area contributed by atoms with E-state index in [0.29, 0.717) is 0 Å². The van der Waals surface area contributed by atoms with Crippen LogP contribution in [0.1, 0.15) is 13.3 Å². The van der Waals surface area contributed by atoms with Crippen LogP contribution in [0.3, 0.4) is 0 Å². The molecule has 0 aliphatic heterocycles. The predicted molar refractivity (Wildman–Crippen MR) is 126 cm³/mol. The number of phosphoric ester groups is 1. The normalized spacial score (nSPS) is 23.9. The molecule has 1 rings (SSSR count). The fourth-order valence-corrected chi connectivity index (χ4v) is 3.41. The average molecular weight is 514 g/mol. The Morgan fingerprint density at radius 1 is 0.806 bits per heavy atom. The third-order valence-electron chi connectivity index (χ3n) is 4.16. The van der Waals surface area contributed by atoms with Crippen molar-refractivity contribution in [2.24, 2.45) is 0 Å². The molecular weight excluding hydrogens is 491 g/mol. The lowest BCUT2D eigenvalue weighted by molar-refractivity contribution is -0.173. The van der Waals surface area contributed by atoms with Gasteiger partial charge in [-0.3, -0.25) is 9.05 Å². The van der Waals surface area contributed by atoms with Gasteiger partial charge in [0.25, 0.3) is 0 Å². The topological polar surface area (TPSA) is 155 Å². The van der Waals surface area contributed by atoms with Crippen molar-refractivity contribution in [3.63, 3.8) is 0 Å². The summed E-state index contributed by atoms with van der Waals surface area (Å²) in [4.78, 5) is 9.86. The molecule has 0 heterocycles. The average Bonchev–Trinajstić information content (AvgIpc) is 2.84. The van der Waals surface area contributed by atoms with E-state index in [4.69, 9.17) is 18.5 Å². The molecule has 10 nitrogen and oxygen atoms in total. The molecule has 3 unspecified atom stereocenters. The smallest absolute Gasteiger partial charge is 0.443 e. The Balaban J connectivity index is 2.46. The quantitative estimate of drug-likeness (QED) is 0.188. The van der Waals surface area contributed by atoms with E-state index in [-0.39, 0.29) is 13.0 Å². The molecular formula is C25H23O10P. The number of methoxy groups -OCH3 is 1. The van der Waals surface area contributed by atoms with Gasteiger partial charge in [-0.15, -0.1) is 0 Å². The van der Waals surface area contributed by atoms with Gasteiger partial charge in [0.15, 0.2) is 0 Å². The van der Waals surface area contributed by atoms with Crippen molar-refractivity contribution in [1.82, 2.24) is 0 Å². The van der Waals surface area contributed by atoms with E-state index in [9.17, 15) is 29.9 Å². The zero-order valence-electron chi connectivity index (χ0n) is 19.3. The molecule has 0 amide bonds. The minimum Gasteiger partial charge on any atom is -0.443 e. The second-order valence-corrected chi connectivity index (χ2v) is 8.11. The zero-order chi connectivity index (χ0) is 26.8. The van der Waals surface area contributed by atoms with Gasteiger partial charge in [0.05, 0.1) is 18.8 Å². The van der Waals surface area contributed by atoms with Crippen LogP contribution in [0.2, 0.25) is 0 Å². The molecule has 0 radical (unpaired) electrons. The van der Waals surface area contributed by atoms with Crippen LogP contribution < -0.4 is 0 Å². The number of aliphatic hydroxyl groups is 4. The van der Waals surface area contributed by atoms with Crippen LogP contribution >= 0.6 is 7.82 Å². The summed E-state index contributed by atoms with van der Waals surface area (Å²) in [5.74, 6) is 32.1. The first-order valence-corrected chi connectivity index (χ1v) is 11.7. The lowest BCUT2D eigenvalue weighted by atomic mass is 9.87. The molecule has 0 bridgehead atoms. The fourth-order valence-electron chi connectivity index (χ4n) is 2.42. The highest BCUT2D eigenvalue weighted by molar-refractivity contribution is 7.47. The summed E-state index contributed by atoms with van der Waals surface area (Å²) in [5.41, 5.74) is 0. The summed E-state index contributed by atoms with van der Waals surface area (Å²) in [6.07, 6.45) is -6.95. The van der Waals surface area contributed by atoms with E-state index in [1.807, 2.05) is 0 Å². The van der Waals surface area contributed by atoms with Crippen molar-refractivity contribution >= 4 is 7.82 Å². The van der Waals surface area contributed by atoms with Gasteiger partial charge in [0.1, 0.15) is 37.1 Å². The molecule has 0 aromatic rings. The molecule has 0 saturated heterocycles. The van der Waals surface area contributed by atoms with Crippen LogP contribution in [0.5, 0.6) is 0 Å². The number of rotatable bonds is 8. The molecule has 36 heavy (non-hydrogen) atoms. The van der Waals surface area contributed by atoms with Crippen LogP contribution in [0.4, 0.5) is 0 Å². The maximum Gasteiger partial charge on any atom is 0.472 e. The Labute approximate surface area is 209 Å². The first-order chi connectivity index (χ1) is 17.2. The Kier molecular flexibility index (Phi) is 14.6. The molecule has 7 atom stereocenters. The number of ether oxygens (including phenoxy) is 2. The van der Waals surface area contributed by atoms with Gasteiger partial charge in [0.2, 0.25) is 0 Å². The van der Waals surface area contributed by atoms with Crippen LogP contribution in [-0.4, -0.2) is 82.3 Å². The van der Waals surface area contributed by atoms with E-state index < -0.39 is 51.1 Å². The third kappa shape index (κ3) is 12.4. The Hall–Kier alpha value is -3.37. The first kappa shape index (κ1) is 30.7. The number of phosphoric acid groups is 1. The monoisotopic (exact) mass is 514 g/mol. The second kappa shape index (κ2) is 17.1. The fraction of sp³-hybridized carbons (Fsp3) is 0.440. The molecule has 0 aromatic heterocycles. The standard InChI is InChI=1S/C25H23O10P/c1-3-4-5-6-7-8-9-10-11-12-13-14-15-16-33-18-20(32-2)19-34-36(30,31)35-25-22(27)17-21(26)23(28)24(25)29/h20-29H,17-19H2,1-2H3,(H,30,31)/t20-,21?,22-,23+,24+,25?/m1/s1. The van der Waals surface area contributed by atoms with Crippen molar-refractivity contribution in [3.05, 3.63) is 0 Å². The summed E-state index contributed by atoms with van der Waals surface area (Å²) in [6.45, 7) is 1.04. The molecule has 5 N–H and O–H groups in total. The van der Waals surface area contributed by atoms with Crippen LogP contribution in [0.25, 0.3) is 0 Å². The van der Waals surface area contributed by atoms with Gasteiger partial charge in [-0.05, 0) is 42.4 Å². The summed E-state index contributed by atoms with van der Waals surface area (Å²) in [7, 11) is -3.48. The molecule has 1 aliphatic rings. The molecule has 11 heteroatoms. The number of aliphatic hydroxyl groups excluding tert-OH is 4. The summed E-state index contributed by atoms with van der Waals surface area (Å²) in [6, 6.07) is 0. The maximum absolute atomic E-state index is 12.2. The van der Waals surface area contributed by atoms with Gasteiger partial charge < -0.3 is 34.8 Å². The van der Waals surface area contributed by atoms with Gasteiger partial charge >= 0.3 is 7.82 Å². The Bertz CT molecular complexity index is 1230. The summed E-state index contributed by atoms with van der Waals surface area (Å²) < 4.78 is 31.8. The molecule has 0 spiro atoms. The lowest BCUT2D eigenvalue weighted by Crippen LogP contribution is -2.56. The Morgan fingerprint density at radius 2 is 1.33 bits per heavy atom. The van der Waals surface area contributed by atoms with E-state index in [0.717, 1.165) is 0 Å². The van der Waals surface area contributed by atoms with E-state index in [1.54, 1.807) is 6.92 Å². The third-order valence-corrected chi connectivity index (χ3v) is 5.14. The molecule has 1 saturated carbocycles. The van der Waals surface area contributed by atoms with E-state index in [1.165, 1.54) is 7.11 Å². The molecule has 1 aliphatic carbocycles. The second-order valence-electron chi connectivity index (χ2n) is 6.71. The van der Waals surface area contributed by atoms with Crippen LogP contribution in [-0.2, 0) is 23.1 Å². The van der Waals surface area contributed by atoms with Gasteiger partial charge in [-0.25, -0.2) is 4.57 Å². The van der Waals surface area contributed by atoms with Crippen LogP contribution in [0, 0.1) is 83.1 Å². The van der Waals surface area contributed by atoms with Crippen molar-refractivity contribution in [2.75, 3.05) is 20.3 Å². The summed E-state index contributed by atoms with van der Waals surface area (Å²) in [5, 5.41) is 38.9. The van der Waals surface area contributed by atoms with Crippen molar-refractivity contribution < 1.29 is 48.4 Å². The minimum absolute atomic E-state index is 0.159. The van der Waals surface area contributed by atoms with E-state index >= 15 is 0 Å². The van der Waals surface area contributed by atoms with Crippen molar-refractivity contribution in [3.8, 4) is 83.1 Å². The van der Waals surface area contributed by atoms with E-state index in [2.05, 4.69) is 83.1 Å². The number of hydrogen-bond donors (Lipinski definition) is 5. The largest absolute Gasteiger partial charge is 0.472 e. The van der Waals surface area contributed by atoms with Gasteiger partial charge in [-0.2, -0.15) is 0 Å². The maximum atomic E-state index is 12.2. The van der Waals surface area contributed by atoms with Gasteiger partial charge in [0, 0.05) is 49.1 Å². The summed E-state index contributed by atoms with van der Waals surface area (Å²) >= 11 is 0. The Morgan fingerprint density at radius 3 is 1.86 bits per heavy atom. The van der Waals surface area contributed by atoms with Gasteiger partial charge in [-0.1, -0.05) is 5.92 Å².